The third-order valence-electron chi connectivity index (χ3n) is 4.54. The van der Waals surface area contributed by atoms with E-state index in [9.17, 15) is 18.3 Å². The maximum Gasteiger partial charge on any atom is 0.418 e. The van der Waals surface area contributed by atoms with E-state index in [1.54, 1.807) is 0 Å². The van der Waals surface area contributed by atoms with E-state index in [4.69, 9.17) is 4.74 Å². The van der Waals surface area contributed by atoms with Gasteiger partial charge in [-0.1, -0.05) is 6.42 Å². The second-order valence-electron chi connectivity index (χ2n) is 6.29. The zero-order valence-corrected chi connectivity index (χ0v) is 12.7. The standard InChI is InChI=1S/C15H20F3N3O2/c16-15(17,18)14(22)6-7-21(10-14)12-8-19-9-13(20-12)23-11-4-2-1-3-5-11/h8-9,11,22H,1-7,10H2. The van der Waals surface area contributed by atoms with Crippen molar-refractivity contribution < 1.29 is 23.0 Å². The van der Waals surface area contributed by atoms with Gasteiger partial charge in [0.25, 0.3) is 0 Å². The number of nitrogens with zero attached hydrogens (tertiary/aromatic N) is 3. The van der Waals surface area contributed by atoms with Crippen LogP contribution >= 0.6 is 0 Å². The Morgan fingerprint density at radius 2 is 1.96 bits per heavy atom. The highest BCUT2D eigenvalue weighted by atomic mass is 19.4. The van der Waals surface area contributed by atoms with Crippen LogP contribution in [0.25, 0.3) is 0 Å². The van der Waals surface area contributed by atoms with Crippen LogP contribution in [0, 0.1) is 0 Å². The van der Waals surface area contributed by atoms with Gasteiger partial charge in [0.05, 0.1) is 18.9 Å². The molecule has 1 saturated heterocycles. The highest BCUT2D eigenvalue weighted by Gasteiger charge is 2.57. The van der Waals surface area contributed by atoms with E-state index in [1.807, 2.05) is 0 Å². The first kappa shape index (κ1) is 16.3. The second-order valence-corrected chi connectivity index (χ2v) is 6.29. The van der Waals surface area contributed by atoms with Crippen LogP contribution in [0.4, 0.5) is 19.0 Å². The molecule has 1 atom stereocenters. The van der Waals surface area contributed by atoms with Crippen molar-refractivity contribution in [3.05, 3.63) is 12.4 Å². The minimum atomic E-state index is -4.65. The molecule has 1 saturated carbocycles. The first-order valence-electron chi connectivity index (χ1n) is 7.90. The van der Waals surface area contributed by atoms with E-state index in [-0.39, 0.29) is 19.1 Å². The van der Waals surface area contributed by atoms with E-state index < -0.39 is 18.3 Å². The summed E-state index contributed by atoms with van der Waals surface area (Å²) in [6.45, 7) is -0.449. The fourth-order valence-electron chi connectivity index (χ4n) is 3.12. The first-order chi connectivity index (χ1) is 10.9. The van der Waals surface area contributed by atoms with E-state index in [2.05, 4.69) is 9.97 Å². The molecule has 2 heterocycles. The molecule has 0 radical (unpaired) electrons. The minimum absolute atomic E-state index is 0.0809. The topological polar surface area (TPSA) is 58.5 Å². The SMILES string of the molecule is OC1(C(F)(F)F)CCN(c2cncc(OC3CCCCC3)n2)C1. The lowest BCUT2D eigenvalue weighted by molar-refractivity contribution is -0.250. The molecule has 1 aromatic rings. The third-order valence-corrected chi connectivity index (χ3v) is 4.54. The molecular formula is C15H20F3N3O2. The molecule has 2 aliphatic rings. The molecule has 2 fully saturated rings. The number of anilines is 1. The van der Waals surface area contributed by atoms with Crippen LogP contribution in [0.5, 0.6) is 5.88 Å². The molecule has 23 heavy (non-hydrogen) atoms. The number of ether oxygens (including phenoxy) is 1. The quantitative estimate of drug-likeness (QED) is 0.923. The van der Waals surface area contributed by atoms with Crippen LogP contribution in [0.15, 0.2) is 12.4 Å². The summed E-state index contributed by atoms with van der Waals surface area (Å²) >= 11 is 0. The van der Waals surface area contributed by atoms with Crippen molar-refractivity contribution in [2.24, 2.45) is 0 Å². The van der Waals surface area contributed by atoms with Gasteiger partial charge in [-0.3, -0.25) is 4.98 Å². The van der Waals surface area contributed by atoms with Gasteiger partial charge in [0.2, 0.25) is 5.88 Å². The predicted octanol–water partition coefficient (Wildman–Crippen LogP) is 2.69. The Morgan fingerprint density at radius 1 is 1.22 bits per heavy atom. The predicted molar refractivity (Wildman–Crippen MR) is 77.4 cm³/mol. The number of rotatable bonds is 3. The lowest BCUT2D eigenvalue weighted by Gasteiger charge is -2.26. The summed E-state index contributed by atoms with van der Waals surface area (Å²) in [5, 5.41) is 9.74. The van der Waals surface area contributed by atoms with Gasteiger partial charge in [-0.15, -0.1) is 0 Å². The molecule has 0 amide bonds. The summed E-state index contributed by atoms with van der Waals surface area (Å²) in [6, 6.07) is 0. The second kappa shape index (κ2) is 6.14. The molecule has 0 bridgehead atoms. The Kier molecular flexibility index (Phi) is 4.35. The normalized spacial score (nSPS) is 26.5. The molecule has 1 aliphatic heterocycles. The summed E-state index contributed by atoms with van der Waals surface area (Å²) in [4.78, 5) is 9.67. The summed E-state index contributed by atoms with van der Waals surface area (Å²) in [5.74, 6) is 0.635. The molecule has 1 unspecified atom stereocenters. The highest BCUT2D eigenvalue weighted by molar-refractivity contribution is 5.40. The fraction of sp³-hybridized carbons (Fsp3) is 0.733. The average Bonchev–Trinajstić information content (AvgIpc) is 2.92. The van der Waals surface area contributed by atoms with Gasteiger partial charge < -0.3 is 14.7 Å². The van der Waals surface area contributed by atoms with Crippen molar-refractivity contribution >= 4 is 5.82 Å². The number of hydrogen-bond donors (Lipinski definition) is 1. The molecule has 0 aromatic carbocycles. The Hall–Kier alpha value is -1.57. The Balaban J connectivity index is 1.68. The van der Waals surface area contributed by atoms with Crippen LogP contribution in [-0.2, 0) is 0 Å². The largest absolute Gasteiger partial charge is 0.473 e. The number of halogens is 3. The first-order valence-corrected chi connectivity index (χ1v) is 7.90. The van der Waals surface area contributed by atoms with Gasteiger partial charge >= 0.3 is 6.18 Å². The number of alkyl halides is 3. The van der Waals surface area contributed by atoms with Crippen LogP contribution < -0.4 is 9.64 Å². The van der Waals surface area contributed by atoms with Crippen LogP contribution in [0.3, 0.4) is 0 Å². The van der Waals surface area contributed by atoms with Gasteiger partial charge in [-0.05, 0) is 25.7 Å². The van der Waals surface area contributed by atoms with Gasteiger partial charge in [-0.25, -0.2) is 0 Å². The highest BCUT2D eigenvalue weighted by Crippen LogP contribution is 2.38. The van der Waals surface area contributed by atoms with Crippen molar-refractivity contribution in [1.29, 1.82) is 0 Å². The van der Waals surface area contributed by atoms with Crippen LogP contribution in [-0.4, -0.2) is 46.0 Å². The van der Waals surface area contributed by atoms with Crippen molar-refractivity contribution in [3.8, 4) is 5.88 Å². The summed E-state index contributed by atoms with van der Waals surface area (Å²) in [7, 11) is 0. The molecular weight excluding hydrogens is 311 g/mol. The maximum atomic E-state index is 12.9. The third kappa shape index (κ3) is 3.52. The summed E-state index contributed by atoms with van der Waals surface area (Å²) in [6.07, 6.45) is 3.31. The zero-order chi connectivity index (χ0) is 16.5. The lowest BCUT2D eigenvalue weighted by Crippen LogP contribution is -2.47. The maximum absolute atomic E-state index is 12.9. The lowest BCUT2D eigenvalue weighted by atomic mass is 9.98. The van der Waals surface area contributed by atoms with E-state index in [0.29, 0.717) is 11.7 Å². The Morgan fingerprint density at radius 3 is 2.61 bits per heavy atom. The number of β-amino-alcohol motifs (C(OH)–C–C–N with tert-alkyl or cyclic N) is 1. The molecule has 3 rings (SSSR count). The molecule has 128 valence electrons. The van der Waals surface area contributed by atoms with Crippen LogP contribution in [0.2, 0.25) is 0 Å². The van der Waals surface area contributed by atoms with Crippen molar-refractivity contribution in [2.45, 2.75) is 56.4 Å². The van der Waals surface area contributed by atoms with E-state index >= 15 is 0 Å². The van der Waals surface area contributed by atoms with Gasteiger partial charge in [0.1, 0.15) is 6.10 Å². The number of hydrogen-bond acceptors (Lipinski definition) is 5. The molecule has 5 nitrogen and oxygen atoms in total. The number of aliphatic hydroxyl groups is 1. The van der Waals surface area contributed by atoms with E-state index in [1.165, 1.54) is 23.7 Å². The smallest absolute Gasteiger partial charge is 0.418 e. The van der Waals surface area contributed by atoms with Gasteiger partial charge in [0, 0.05) is 13.0 Å². The van der Waals surface area contributed by atoms with Crippen LogP contribution in [0.1, 0.15) is 38.5 Å². The fourth-order valence-corrected chi connectivity index (χ4v) is 3.12. The molecule has 8 heteroatoms. The average molecular weight is 331 g/mol. The summed E-state index contributed by atoms with van der Waals surface area (Å²) < 4.78 is 44.4. The molecule has 1 aromatic heterocycles. The monoisotopic (exact) mass is 331 g/mol. The Bertz CT molecular complexity index is 549. The molecule has 0 spiro atoms. The van der Waals surface area contributed by atoms with Gasteiger partial charge in [0.15, 0.2) is 11.4 Å². The zero-order valence-electron chi connectivity index (χ0n) is 12.7. The number of aromatic nitrogens is 2. The summed E-state index contributed by atoms with van der Waals surface area (Å²) in [5.41, 5.74) is -2.69. The Labute approximate surface area is 132 Å². The van der Waals surface area contributed by atoms with Crippen molar-refractivity contribution in [2.75, 3.05) is 18.0 Å². The van der Waals surface area contributed by atoms with Crippen molar-refractivity contribution in [3.63, 3.8) is 0 Å². The molecule has 1 N–H and O–H groups in total. The van der Waals surface area contributed by atoms with Crippen molar-refractivity contribution in [1.82, 2.24) is 9.97 Å². The minimum Gasteiger partial charge on any atom is -0.473 e. The van der Waals surface area contributed by atoms with E-state index in [0.717, 1.165) is 25.7 Å². The molecule has 1 aliphatic carbocycles. The van der Waals surface area contributed by atoms with Gasteiger partial charge in [-0.2, -0.15) is 18.2 Å².